The average Bonchev–Trinajstić information content (AvgIpc) is 3.22. The summed E-state index contributed by atoms with van der Waals surface area (Å²) in [5.74, 6) is 0.606. The molecule has 0 spiro atoms. The van der Waals surface area contributed by atoms with Gasteiger partial charge in [0.2, 0.25) is 0 Å². The van der Waals surface area contributed by atoms with Crippen LogP contribution in [0.3, 0.4) is 0 Å². The van der Waals surface area contributed by atoms with E-state index in [-0.39, 0.29) is 0 Å². The minimum Gasteiger partial charge on any atom is -0.497 e. The molecule has 138 valence electrons. The summed E-state index contributed by atoms with van der Waals surface area (Å²) in [5, 5.41) is 0.734. The van der Waals surface area contributed by atoms with Gasteiger partial charge in [0, 0.05) is 18.1 Å². The number of fused-ring (bicyclic) bond motifs is 1. The van der Waals surface area contributed by atoms with Gasteiger partial charge in [0.25, 0.3) is 0 Å². The molecule has 0 bridgehead atoms. The van der Waals surface area contributed by atoms with Gasteiger partial charge >= 0.3 is 11.6 Å². The van der Waals surface area contributed by atoms with Crippen LogP contribution in [0.2, 0.25) is 0 Å². The first-order valence-electron chi connectivity index (χ1n) is 8.70. The van der Waals surface area contributed by atoms with Crippen molar-refractivity contribution in [3.63, 3.8) is 0 Å². The predicted octanol–water partition coefficient (Wildman–Crippen LogP) is 3.55. The van der Waals surface area contributed by atoms with Gasteiger partial charge in [-0.25, -0.2) is 9.59 Å². The van der Waals surface area contributed by atoms with Crippen molar-refractivity contribution < 1.29 is 23.4 Å². The first kappa shape index (κ1) is 17.3. The van der Waals surface area contributed by atoms with E-state index >= 15 is 0 Å². The van der Waals surface area contributed by atoms with Gasteiger partial charge in [-0.1, -0.05) is 12.1 Å². The van der Waals surface area contributed by atoms with Gasteiger partial charge in [0.05, 0.1) is 12.7 Å². The van der Waals surface area contributed by atoms with Crippen molar-refractivity contribution in [1.82, 2.24) is 0 Å². The van der Waals surface area contributed by atoms with Gasteiger partial charge in [0.15, 0.2) is 6.10 Å². The molecule has 2 heterocycles. The van der Waals surface area contributed by atoms with Crippen LogP contribution in [-0.4, -0.2) is 25.8 Å². The van der Waals surface area contributed by atoms with E-state index in [4.69, 9.17) is 18.6 Å². The van der Waals surface area contributed by atoms with Gasteiger partial charge < -0.3 is 18.6 Å². The Labute approximate surface area is 155 Å². The third-order valence-corrected chi connectivity index (χ3v) is 4.52. The highest BCUT2D eigenvalue weighted by atomic mass is 16.6. The molecule has 0 amide bonds. The topological polar surface area (TPSA) is 75.0 Å². The van der Waals surface area contributed by atoms with Crippen LogP contribution in [0.5, 0.6) is 11.5 Å². The van der Waals surface area contributed by atoms with Crippen LogP contribution in [0.4, 0.5) is 0 Å². The van der Waals surface area contributed by atoms with Crippen LogP contribution >= 0.6 is 0 Å². The maximum absolute atomic E-state index is 12.4. The summed E-state index contributed by atoms with van der Waals surface area (Å²) in [4.78, 5) is 24.5. The molecule has 0 aliphatic carbocycles. The Morgan fingerprint density at radius 1 is 1.07 bits per heavy atom. The lowest BCUT2D eigenvalue weighted by Crippen LogP contribution is -2.24. The van der Waals surface area contributed by atoms with Crippen molar-refractivity contribution in [3.8, 4) is 22.6 Å². The standard InChI is InChI=1S/C21H18O6/c1-24-15-7-4-13(5-8-15)17-11-14-6-9-16(12-19(14)27-20(17)22)26-21(23)18-3-2-10-25-18/h4-9,11-12,18H,2-3,10H2,1H3. The third-order valence-electron chi connectivity index (χ3n) is 4.52. The van der Waals surface area contributed by atoms with Gasteiger partial charge in [-0.2, -0.15) is 0 Å². The number of methoxy groups -OCH3 is 1. The van der Waals surface area contributed by atoms with E-state index in [1.165, 1.54) is 0 Å². The fraction of sp³-hybridized carbons (Fsp3) is 0.238. The number of rotatable bonds is 4. The molecule has 1 saturated heterocycles. The van der Waals surface area contributed by atoms with E-state index in [0.29, 0.717) is 35.7 Å². The van der Waals surface area contributed by atoms with Gasteiger partial charge in [-0.3, -0.25) is 0 Å². The van der Waals surface area contributed by atoms with E-state index in [2.05, 4.69) is 0 Å². The molecule has 0 radical (unpaired) electrons. The first-order valence-corrected chi connectivity index (χ1v) is 8.70. The molecule has 6 heteroatoms. The summed E-state index contributed by atoms with van der Waals surface area (Å²) < 4.78 is 21.2. The van der Waals surface area contributed by atoms with Crippen LogP contribution in [0, 0.1) is 0 Å². The Morgan fingerprint density at radius 2 is 1.85 bits per heavy atom. The lowest BCUT2D eigenvalue weighted by molar-refractivity contribution is -0.144. The lowest BCUT2D eigenvalue weighted by atomic mass is 10.1. The van der Waals surface area contributed by atoms with Crippen molar-refractivity contribution in [3.05, 3.63) is 59.0 Å². The van der Waals surface area contributed by atoms with Crippen molar-refractivity contribution in [1.29, 1.82) is 0 Å². The van der Waals surface area contributed by atoms with Crippen molar-refractivity contribution in [2.24, 2.45) is 0 Å². The van der Waals surface area contributed by atoms with Crippen LogP contribution in [0.25, 0.3) is 22.1 Å². The second-order valence-electron chi connectivity index (χ2n) is 6.30. The highest BCUT2D eigenvalue weighted by Crippen LogP contribution is 2.26. The van der Waals surface area contributed by atoms with Gasteiger partial charge in [0.1, 0.15) is 17.1 Å². The summed E-state index contributed by atoms with van der Waals surface area (Å²) >= 11 is 0. The summed E-state index contributed by atoms with van der Waals surface area (Å²) in [5.41, 5.74) is 1.08. The minimum absolute atomic E-state index is 0.323. The quantitative estimate of drug-likeness (QED) is 0.399. The largest absolute Gasteiger partial charge is 0.497 e. The summed E-state index contributed by atoms with van der Waals surface area (Å²) in [7, 11) is 1.59. The van der Waals surface area contributed by atoms with Crippen LogP contribution in [0.1, 0.15) is 12.8 Å². The van der Waals surface area contributed by atoms with Crippen LogP contribution in [-0.2, 0) is 9.53 Å². The monoisotopic (exact) mass is 366 g/mol. The second kappa shape index (κ2) is 7.25. The molecule has 4 rings (SSSR count). The first-order chi connectivity index (χ1) is 13.1. The number of benzene rings is 2. The fourth-order valence-corrected chi connectivity index (χ4v) is 3.07. The van der Waals surface area contributed by atoms with Crippen molar-refractivity contribution >= 4 is 16.9 Å². The Balaban J connectivity index is 1.63. The molecular weight excluding hydrogens is 348 g/mol. The molecule has 1 unspecified atom stereocenters. The lowest BCUT2D eigenvalue weighted by Gasteiger charge is -2.10. The Hall–Kier alpha value is -3.12. The summed E-state index contributed by atoms with van der Waals surface area (Å²) in [6.07, 6.45) is 0.984. The summed E-state index contributed by atoms with van der Waals surface area (Å²) in [6.45, 7) is 0.570. The number of hydrogen-bond acceptors (Lipinski definition) is 6. The van der Waals surface area contributed by atoms with Gasteiger partial charge in [-0.15, -0.1) is 0 Å². The fourth-order valence-electron chi connectivity index (χ4n) is 3.07. The van der Waals surface area contributed by atoms with E-state index in [1.54, 1.807) is 55.6 Å². The molecule has 1 fully saturated rings. The highest BCUT2D eigenvalue weighted by molar-refractivity contribution is 5.84. The maximum Gasteiger partial charge on any atom is 0.344 e. The zero-order chi connectivity index (χ0) is 18.8. The maximum atomic E-state index is 12.4. The number of esters is 1. The van der Waals surface area contributed by atoms with Crippen molar-refractivity contribution in [2.75, 3.05) is 13.7 Å². The normalized spacial score (nSPS) is 16.4. The van der Waals surface area contributed by atoms with Crippen LogP contribution < -0.4 is 15.1 Å². The summed E-state index contributed by atoms with van der Waals surface area (Å²) in [6, 6.07) is 13.9. The Bertz CT molecular complexity index is 1030. The minimum atomic E-state index is -0.523. The number of carbonyl (C=O) groups excluding carboxylic acids is 1. The van der Waals surface area contributed by atoms with E-state index in [1.807, 2.05) is 0 Å². The van der Waals surface area contributed by atoms with Crippen LogP contribution in [0.15, 0.2) is 57.7 Å². The number of carbonyl (C=O) groups is 1. The smallest absolute Gasteiger partial charge is 0.344 e. The third kappa shape index (κ3) is 3.57. The molecule has 0 saturated carbocycles. The zero-order valence-corrected chi connectivity index (χ0v) is 14.8. The second-order valence-corrected chi connectivity index (χ2v) is 6.30. The average molecular weight is 366 g/mol. The molecule has 2 aromatic carbocycles. The predicted molar refractivity (Wildman–Crippen MR) is 99.1 cm³/mol. The van der Waals surface area contributed by atoms with Gasteiger partial charge in [-0.05, 0) is 48.7 Å². The van der Waals surface area contributed by atoms with Crippen molar-refractivity contribution in [2.45, 2.75) is 18.9 Å². The van der Waals surface area contributed by atoms with E-state index in [9.17, 15) is 9.59 Å². The number of hydrogen-bond donors (Lipinski definition) is 0. The molecule has 27 heavy (non-hydrogen) atoms. The Kier molecular flexibility index (Phi) is 4.64. The molecule has 3 aromatic rings. The molecule has 1 atom stereocenters. The van der Waals surface area contributed by atoms with E-state index < -0.39 is 17.7 Å². The van der Waals surface area contributed by atoms with E-state index in [0.717, 1.165) is 17.4 Å². The zero-order valence-electron chi connectivity index (χ0n) is 14.8. The molecule has 1 aliphatic heterocycles. The molecule has 6 nitrogen and oxygen atoms in total. The Morgan fingerprint density at radius 3 is 2.56 bits per heavy atom. The highest BCUT2D eigenvalue weighted by Gasteiger charge is 2.25. The molecule has 1 aliphatic rings. The molecular formula is C21H18O6. The SMILES string of the molecule is COc1ccc(-c2cc3ccc(OC(=O)C4CCCO4)cc3oc2=O)cc1. The number of ether oxygens (including phenoxy) is 3. The molecule has 1 aromatic heterocycles. The molecule has 0 N–H and O–H groups in total.